The molecular formula is C27H22N4O2S. The zero-order valence-electron chi connectivity index (χ0n) is 18.4. The molecule has 0 aliphatic carbocycles. The van der Waals surface area contributed by atoms with Gasteiger partial charge < -0.3 is 15.0 Å². The summed E-state index contributed by atoms with van der Waals surface area (Å²) in [5, 5.41) is 15.6. The van der Waals surface area contributed by atoms with E-state index in [0.29, 0.717) is 18.9 Å². The van der Waals surface area contributed by atoms with Crippen molar-refractivity contribution in [3.63, 3.8) is 0 Å². The highest BCUT2D eigenvalue weighted by Gasteiger charge is 2.20. The molecule has 1 saturated heterocycles. The normalized spacial score (nSPS) is 14.1. The first-order chi connectivity index (χ1) is 16.7. The van der Waals surface area contributed by atoms with Gasteiger partial charge in [0, 0.05) is 29.7 Å². The second-order valence-corrected chi connectivity index (χ2v) is 8.83. The van der Waals surface area contributed by atoms with E-state index in [1.54, 1.807) is 6.08 Å². The van der Waals surface area contributed by atoms with Crippen molar-refractivity contribution in [2.24, 2.45) is 0 Å². The van der Waals surface area contributed by atoms with Crippen LogP contribution in [0.5, 0.6) is 0 Å². The van der Waals surface area contributed by atoms with Crippen LogP contribution >= 0.6 is 11.3 Å². The molecule has 1 N–H and O–H groups in total. The van der Waals surface area contributed by atoms with Crippen molar-refractivity contribution in [2.75, 3.05) is 36.5 Å². The Morgan fingerprint density at radius 2 is 1.76 bits per heavy atom. The Morgan fingerprint density at radius 3 is 2.56 bits per heavy atom. The molecule has 7 heteroatoms. The molecule has 0 radical (unpaired) electrons. The number of nitrogens with zero attached hydrogens (tertiary/aromatic N) is 3. The number of morpholine rings is 1. The molecule has 1 aliphatic rings. The van der Waals surface area contributed by atoms with Crippen LogP contribution in [0.1, 0.15) is 4.88 Å². The third kappa shape index (κ3) is 4.55. The van der Waals surface area contributed by atoms with Crippen LogP contribution in [-0.2, 0) is 9.53 Å². The summed E-state index contributed by atoms with van der Waals surface area (Å²) < 4.78 is 5.47. The zero-order valence-corrected chi connectivity index (χ0v) is 19.2. The number of carbonyl (C=O) groups excluding carboxylic acids is 1. The minimum Gasteiger partial charge on any atom is -0.378 e. The van der Waals surface area contributed by atoms with E-state index in [4.69, 9.17) is 9.72 Å². The number of nitriles is 1. The van der Waals surface area contributed by atoms with Gasteiger partial charge in [-0.25, -0.2) is 4.98 Å². The van der Waals surface area contributed by atoms with Gasteiger partial charge in [0.2, 0.25) is 0 Å². The molecule has 168 valence electrons. The number of hydrogen-bond acceptors (Lipinski definition) is 6. The third-order valence-electron chi connectivity index (χ3n) is 5.65. The van der Waals surface area contributed by atoms with Crippen LogP contribution in [0.15, 0.2) is 78.4 Å². The summed E-state index contributed by atoms with van der Waals surface area (Å²) in [7, 11) is 0. The Morgan fingerprint density at radius 1 is 1.03 bits per heavy atom. The average Bonchev–Trinajstić information content (AvgIpc) is 3.32. The highest BCUT2D eigenvalue weighted by atomic mass is 32.1. The number of anilines is 2. The molecule has 1 amide bonds. The summed E-state index contributed by atoms with van der Waals surface area (Å²) in [6.07, 6.45) is 1.64. The molecule has 1 aromatic heterocycles. The minimum absolute atomic E-state index is 0.0299. The summed E-state index contributed by atoms with van der Waals surface area (Å²) >= 11 is 1.48. The van der Waals surface area contributed by atoms with Crippen molar-refractivity contribution in [2.45, 2.75) is 0 Å². The summed E-state index contributed by atoms with van der Waals surface area (Å²) in [4.78, 5) is 20.9. The van der Waals surface area contributed by atoms with Crippen LogP contribution in [0, 0.1) is 11.3 Å². The SMILES string of the molecule is N#C/C(=C\c1sc(N2CCOCC2)nc1-c1ccccc1)C(=O)Nc1cccc2ccccc12. The van der Waals surface area contributed by atoms with Crippen LogP contribution in [-0.4, -0.2) is 37.2 Å². The van der Waals surface area contributed by atoms with Gasteiger partial charge in [0.1, 0.15) is 11.6 Å². The molecule has 5 rings (SSSR count). The Balaban J connectivity index is 1.50. The number of aromatic nitrogens is 1. The standard InChI is InChI=1S/C27H22N4O2S/c28-18-21(26(32)29-23-12-6-10-19-7-4-5-11-22(19)23)17-24-25(20-8-2-1-3-9-20)30-27(34-24)31-13-15-33-16-14-31/h1-12,17H,13-16H2,(H,29,32)/b21-17+. The minimum atomic E-state index is -0.445. The molecule has 34 heavy (non-hydrogen) atoms. The molecule has 1 aliphatic heterocycles. The first-order valence-electron chi connectivity index (χ1n) is 11.0. The highest BCUT2D eigenvalue weighted by Crippen LogP contribution is 2.35. The van der Waals surface area contributed by atoms with E-state index in [-0.39, 0.29) is 5.57 Å². The summed E-state index contributed by atoms with van der Waals surface area (Å²) in [6.45, 7) is 2.83. The zero-order chi connectivity index (χ0) is 23.3. The first-order valence-corrected chi connectivity index (χ1v) is 11.8. The number of ether oxygens (including phenoxy) is 1. The third-order valence-corrected chi connectivity index (χ3v) is 6.71. The topological polar surface area (TPSA) is 78.2 Å². The van der Waals surface area contributed by atoms with Gasteiger partial charge in [-0.15, -0.1) is 0 Å². The lowest BCUT2D eigenvalue weighted by Gasteiger charge is -2.26. The van der Waals surface area contributed by atoms with E-state index in [9.17, 15) is 10.1 Å². The molecule has 6 nitrogen and oxygen atoms in total. The highest BCUT2D eigenvalue weighted by molar-refractivity contribution is 7.17. The van der Waals surface area contributed by atoms with Gasteiger partial charge >= 0.3 is 0 Å². The maximum absolute atomic E-state index is 13.1. The van der Waals surface area contributed by atoms with Crippen molar-refractivity contribution in [1.29, 1.82) is 5.26 Å². The quantitative estimate of drug-likeness (QED) is 0.317. The second-order valence-electron chi connectivity index (χ2n) is 7.83. The van der Waals surface area contributed by atoms with E-state index >= 15 is 0 Å². The number of fused-ring (bicyclic) bond motifs is 1. The lowest BCUT2D eigenvalue weighted by molar-refractivity contribution is -0.112. The molecule has 1 fully saturated rings. The maximum Gasteiger partial charge on any atom is 0.266 e. The van der Waals surface area contributed by atoms with Crippen LogP contribution < -0.4 is 10.2 Å². The van der Waals surface area contributed by atoms with Crippen LogP contribution in [0.25, 0.3) is 28.1 Å². The second kappa shape index (κ2) is 9.87. The molecule has 3 aromatic carbocycles. The van der Waals surface area contributed by atoms with Crippen LogP contribution in [0.3, 0.4) is 0 Å². The van der Waals surface area contributed by atoms with Gasteiger partial charge in [0.25, 0.3) is 5.91 Å². The summed E-state index contributed by atoms with van der Waals surface area (Å²) in [6, 6.07) is 25.4. The van der Waals surface area contributed by atoms with Gasteiger partial charge in [-0.3, -0.25) is 4.79 Å². The van der Waals surface area contributed by atoms with Gasteiger partial charge in [-0.2, -0.15) is 5.26 Å². The monoisotopic (exact) mass is 466 g/mol. The van der Waals surface area contributed by atoms with Gasteiger partial charge in [0.05, 0.1) is 23.8 Å². The molecule has 0 spiro atoms. The smallest absolute Gasteiger partial charge is 0.266 e. The predicted molar refractivity (Wildman–Crippen MR) is 137 cm³/mol. The number of carbonyl (C=O) groups is 1. The Kier molecular flexibility index (Phi) is 6.34. The first kappa shape index (κ1) is 21.8. The number of benzene rings is 3. The van der Waals surface area contributed by atoms with Crippen molar-refractivity contribution in [3.05, 3.63) is 83.2 Å². The molecule has 0 bridgehead atoms. The fourth-order valence-corrected chi connectivity index (χ4v) is 5.00. The Bertz CT molecular complexity index is 1390. The Hall–Kier alpha value is -3.99. The largest absolute Gasteiger partial charge is 0.378 e. The van der Waals surface area contributed by atoms with Crippen LogP contribution in [0.2, 0.25) is 0 Å². The van der Waals surface area contributed by atoms with E-state index in [1.165, 1.54) is 11.3 Å². The van der Waals surface area contributed by atoms with Crippen molar-refractivity contribution in [1.82, 2.24) is 4.98 Å². The van der Waals surface area contributed by atoms with E-state index in [2.05, 4.69) is 16.3 Å². The molecule has 2 heterocycles. The lowest BCUT2D eigenvalue weighted by atomic mass is 10.1. The van der Waals surface area contributed by atoms with Gasteiger partial charge in [-0.05, 0) is 17.5 Å². The van der Waals surface area contributed by atoms with Gasteiger partial charge in [0.15, 0.2) is 5.13 Å². The molecular weight excluding hydrogens is 444 g/mol. The summed E-state index contributed by atoms with van der Waals surface area (Å²) in [5.41, 5.74) is 2.40. The number of nitrogens with one attached hydrogen (secondary N) is 1. The predicted octanol–water partition coefficient (Wildman–Crippen LogP) is 5.35. The van der Waals surface area contributed by atoms with Crippen molar-refractivity contribution < 1.29 is 9.53 Å². The molecule has 0 saturated carbocycles. The van der Waals surface area contributed by atoms with Crippen molar-refractivity contribution in [3.8, 4) is 17.3 Å². The average molecular weight is 467 g/mol. The molecule has 4 aromatic rings. The molecule has 0 atom stereocenters. The van der Waals surface area contributed by atoms with Crippen molar-refractivity contribution >= 4 is 44.9 Å². The fraction of sp³-hybridized carbons (Fsp3) is 0.148. The summed E-state index contributed by atoms with van der Waals surface area (Å²) in [5.74, 6) is -0.445. The number of thiazole rings is 1. The maximum atomic E-state index is 13.1. The molecule has 0 unspecified atom stereocenters. The lowest BCUT2D eigenvalue weighted by Crippen LogP contribution is -2.36. The van der Waals surface area contributed by atoms with Crippen LogP contribution in [0.4, 0.5) is 10.8 Å². The van der Waals surface area contributed by atoms with Gasteiger partial charge in [-0.1, -0.05) is 78.1 Å². The number of hydrogen-bond donors (Lipinski definition) is 1. The fourth-order valence-electron chi connectivity index (χ4n) is 3.91. The van der Waals surface area contributed by atoms with E-state index < -0.39 is 5.91 Å². The van der Waals surface area contributed by atoms with E-state index in [0.717, 1.165) is 45.1 Å². The van der Waals surface area contributed by atoms with E-state index in [1.807, 2.05) is 72.8 Å². The Labute approximate surface area is 201 Å². The number of rotatable bonds is 5. The number of amides is 1.